The van der Waals surface area contributed by atoms with Gasteiger partial charge in [0, 0.05) is 30.2 Å². The van der Waals surface area contributed by atoms with Crippen LogP contribution in [0.2, 0.25) is 0 Å². The Morgan fingerprint density at radius 3 is 2.67 bits per heavy atom. The molecule has 0 saturated carbocycles. The SMILES string of the molecule is O=C(NCC1OC(Cc2cc(-c3ccccc3)on2)CCC1O)c1ccc(F)cc1. The summed E-state index contributed by atoms with van der Waals surface area (Å²) < 4.78 is 24.5. The van der Waals surface area contributed by atoms with Crippen LogP contribution in [0.25, 0.3) is 11.3 Å². The van der Waals surface area contributed by atoms with Crippen LogP contribution in [-0.2, 0) is 11.2 Å². The Morgan fingerprint density at radius 1 is 1.13 bits per heavy atom. The van der Waals surface area contributed by atoms with Gasteiger partial charge in [0.05, 0.1) is 17.9 Å². The molecule has 1 aromatic heterocycles. The maximum Gasteiger partial charge on any atom is 0.251 e. The summed E-state index contributed by atoms with van der Waals surface area (Å²) in [6, 6.07) is 16.9. The molecule has 3 atom stereocenters. The third-order valence-corrected chi connectivity index (χ3v) is 5.21. The number of amides is 1. The average Bonchev–Trinajstić information content (AvgIpc) is 3.23. The molecule has 2 N–H and O–H groups in total. The van der Waals surface area contributed by atoms with E-state index < -0.39 is 18.0 Å². The number of aliphatic hydroxyl groups is 1. The summed E-state index contributed by atoms with van der Waals surface area (Å²) >= 11 is 0. The molecule has 6 nitrogen and oxygen atoms in total. The highest BCUT2D eigenvalue weighted by Gasteiger charge is 2.31. The number of rotatable bonds is 6. The van der Waals surface area contributed by atoms with Crippen molar-refractivity contribution in [2.45, 2.75) is 37.6 Å². The van der Waals surface area contributed by atoms with Gasteiger partial charge in [-0.25, -0.2) is 4.39 Å². The van der Waals surface area contributed by atoms with Crippen molar-refractivity contribution in [1.82, 2.24) is 10.5 Å². The lowest BCUT2D eigenvalue weighted by Gasteiger charge is -2.33. The van der Waals surface area contributed by atoms with Gasteiger partial charge >= 0.3 is 0 Å². The van der Waals surface area contributed by atoms with E-state index in [1.54, 1.807) is 0 Å². The highest BCUT2D eigenvalue weighted by atomic mass is 19.1. The molecule has 7 heteroatoms. The third kappa shape index (κ3) is 4.93. The zero-order valence-corrected chi connectivity index (χ0v) is 16.3. The van der Waals surface area contributed by atoms with Gasteiger partial charge in [-0.1, -0.05) is 35.5 Å². The van der Waals surface area contributed by atoms with Crippen molar-refractivity contribution in [3.63, 3.8) is 0 Å². The molecule has 4 rings (SSSR count). The van der Waals surface area contributed by atoms with Crippen LogP contribution in [0.5, 0.6) is 0 Å². The summed E-state index contributed by atoms with van der Waals surface area (Å²) in [6.45, 7) is 0.169. The second-order valence-corrected chi connectivity index (χ2v) is 7.41. The average molecular weight is 410 g/mol. The van der Waals surface area contributed by atoms with Crippen molar-refractivity contribution in [2.24, 2.45) is 0 Å². The smallest absolute Gasteiger partial charge is 0.251 e. The van der Waals surface area contributed by atoms with E-state index in [1.807, 2.05) is 36.4 Å². The molecule has 1 amide bonds. The molecule has 0 radical (unpaired) electrons. The molecule has 0 spiro atoms. The molecular formula is C23H23FN2O4. The fourth-order valence-corrected chi connectivity index (χ4v) is 3.56. The normalized spacial score (nSPS) is 21.3. The fraction of sp³-hybridized carbons (Fsp3) is 0.304. The van der Waals surface area contributed by atoms with Crippen molar-refractivity contribution >= 4 is 5.91 Å². The third-order valence-electron chi connectivity index (χ3n) is 5.21. The van der Waals surface area contributed by atoms with Crippen LogP contribution in [-0.4, -0.2) is 41.0 Å². The minimum absolute atomic E-state index is 0.130. The van der Waals surface area contributed by atoms with E-state index >= 15 is 0 Å². The zero-order chi connectivity index (χ0) is 20.9. The Labute approximate surface area is 173 Å². The van der Waals surface area contributed by atoms with E-state index in [4.69, 9.17) is 9.26 Å². The second-order valence-electron chi connectivity index (χ2n) is 7.41. The molecular weight excluding hydrogens is 387 g/mol. The van der Waals surface area contributed by atoms with Gasteiger partial charge in [-0.2, -0.15) is 0 Å². The molecule has 3 aromatic rings. The Bertz CT molecular complexity index is 974. The first-order valence-corrected chi connectivity index (χ1v) is 9.97. The van der Waals surface area contributed by atoms with Crippen molar-refractivity contribution in [2.75, 3.05) is 6.54 Å². The maximum atomic E-state index is 13.0. The summed E-state index contributed by atoms with van der Waals surface area (Å²) in [5, 5.41) is 17.1. The Hall–Kier alpha value is -3.03. The quantitative estimate of drug-likeness (QED) is 0.651. The topological polar surface area (TPSA) is 84.6 Å². The van der Waals surface area contributed by atoms with Crippen molar-refractivity contribution in [3.8, 4) is 11.3 Å². The number of nitrogens with zero attached hydrogens (tertiary/aromatic N) is 1. The molecule has 156 valence electrons. The highest BCUT2D eigenvalue weighted by Crippen LogP contribution is 2.25. The first kappa shape index (κ1) is 20.3. The van der Waals surface area contributed by atoms with Crippen LogP contribution in [0, 0.1) is 5.82 Å². The highest BCUT2D eigenvalue weighted by molar-refractivity contribution is 5.94. The number of ether oxygens (including phenoxy) is 1. The van der Waals surface area contributed by atoms with E-state index in [0.717, 1.165) is 11.3 Å². The summed E-state index contributed by atoms with van der Waals surface area (Å²) in [5.74, 6) is -0.0369. The van der Waals surface area contributed by atoms with Crippen molar-refractivity contribution in [1.29, 1.82) is 0 Å². The zero-order valence-electron chi connectivity index (χ0n) is 16.3. The number of hydrogen-bond donors (Lipinski definition) is 2. The number of aromatic nitrogens is 1. The van der Waals surface area contributed by atoms with Crippen LogP contribution in [0.3, 0.4) is 0 Å². The van der Waals surface area contributed by atoms with Gasteiger partial charge in [-0.05, 0) is 37.1 Å². The Kier molecular flexibility index (Phi) is 6.21. The second kappa shape index (κ2) is 9.19. The maximum absolute atomic E-state index is 13.0. The number of carbonyl (C=O) groups excluding carboxylic acids is 1. The minimum Gasteiger partial charge on any atom is -0.390 e. The lowest BCUT2D eigenvalue weighted by molar-refractivity contribution is -0.114. The van der Waals surface area contributed by atoms with E-state index in [0.29, 0.717) is 30.6 Å². The number of aliphatic hydroxyl groups excluding tert-OH is 1. The first-order valence-electron chi connectivity index (χ1n) is 9.97. The van der Waals surface area contributed by atoms with Gasteiger partial charge in [-0.15, -0.1) is 0 Å². The molecule has 2 aromatic carbocycles. The van der Waals surface area contributed by atoms with Gasteiger partial charge < -0.3 is 19.7 Å². The Morgan fingerprint density at radius 2 is 1.90 bits per heavy atom. The van der Waals surface area contributed by atoms with Crippen LogP contribution in [0.1, 0.15) is 28.9 Å². The van der Waals surface area contributed by atoms with Crippen molar-refractivity contribution in [3.05, 3.63) is 77.7 Å². The summed E-state index contributed by atoms with van der Waals surface area (Å²) in [6.07, 6.45) is 0.517. The largest absolute Gasteiger partial charge is 0.390 e. The predicted octanol–water partition coefficient (Wildman–Crippen LogP) is 3.36. The van der Waals surface area contributed by atoms with Gasteiger partial charge in [-0.3, -0.25) is 4.79 Å². The van der Waals surface area contributed by atoms with Gasteiger partial charge in [0.2, 0.25) is 0 Å². The number of nitrogens with one attached hydrogen (secondary N) is 1. The minimum atomic E-state index is -0.660. The van der Waals surface area contributed by atoms with Crippen LogP contribution >= 0.6 is 0 Å². The molecule has 0 bridgehead atoms. The lowest BCUT2D eigenvalue weighted by Crippen LogP contribution is -2.46. The predicted molar refractivity (Wildman–Crippen MR) is 108 cm³/mol. The molecule has 0 aliphatic carbocycles. The van der Waals surface area contributed by atoms with Crippen molar-refractivity contribution < 1.29 is 23.6 Å². The molecule has 2 heterocycles. The molecule has 1 aliphatic rings. The van der Waals surface area contributed by atoms with Gasteiger partial charge in [0.15, 0.2) is 5.76 Å². The molecule has 3 unspecified atom stereocenters. The number of hydrogen-bond acceptors (Lipinski definition) is 5. The van der Waals surface area contributed by atoms with E-state index in [1.165, 1.54) is 24.3 Å². The Balaban J connectivity index is 1.32. The van der Waals surface area contributed by atoms with E-state index in [9.17, 15) is 14.3 Å². The monoisotopic (exact) mass is 410 g/mol. The molecule has 1 saturated heterocycles. The molecule has 1 fully saturated rings. The van der Waals surface area contributed by atoms with Gasteiger partial charge in [0.25, 0.3) is 5.91 Å². The van der Waals surface area contributed by atoms with E-state index in [-0.39, 0.29) is 18.6 Å². The molecule has 30 heavy (non-hydrogen) atoms. The molecule has 1 aliphatic heterocycles. The summed E-state index contributed by atoms with van der Waals surface area (Å²) in [7, 11) is 0. The standard InChI is InChI=1S/C23H23FN2O4/c24-17-8-6-16(7-9-17)23(28)25-14-22-20(27)11-10-19(29-22)12-18-13-21(30-26-18)15-4-2-1-3-5-15/h1-9,13,19-20,22,27H,10-12,14H2,(H,25,28). The number of benzene rings is 2. The van der Waals surface area contributed by atoms with Crippen LogP contribution in [0.15, 0.2) is 65.2 Å². The first-order chi connectivity index (χ1) is 14.6. The number of halogens is 1. The van der Waals surface area contributed by atoms with Crippen LogP contribution < -0.4 is 5.32 Å². The number of carbonyl (C=O) groups is 1. The van der Waals surface area contributed by atoms with Gasteiger partial charge in [0.1, 0.15) is 11.9 Å². The van der Waals surface area contributed by atoms with E-state index in [2.05, 4.69) is 10.5 Å². The summed E-state index contributed by atoms with van der Waals surface area (Å²) in [5.41, 5.74) is 2.09. The summed E-state index contributed by atoms with van der Waals surface area (Å²) in [4.78, 5) is 12.2. The lowest BCUT2D eigenvalue weighted by atomic mass is 9.98. The van der Waals surface area contributed by atoms with Crippen LogP contribution in [0.4, 0.5) is 4.39 Å². The fourth-order valence-electron chi connectivity index (χ4n) is 3.56.